The van der Waals surface area contributed by atoms with Crippen molar-refractivity contribution in [2.75, 3.05) is 6.79 Å². The molecule has 2 N–H and O–H groups in total. The molecule has 0 aliphatic carbocycles. The van der Waals surface area contributed by atoms with Crippen molar-refractivity contribution in [2.24, 2.45) is 11.1 Å². The third-order valence-corrected chi connectivity index (χ3v) is 6.58. The SMILES string of the molecule is [B]c1cc(C(=C)N)cc(F)c1OCc1c(C(=O)OCOC(=O)C(C)(C)C)sc2cccc(Br)c12. The van der Waals surface area contributed by atoms with Crippen LogP contribution in [0.25, 0.3) is 15.8 Å². The summed E-state index contributed by atoms with van der Waals surface area (Å²) < 4.78 is 32.1. The number of ether oxygens (including phenoxy) is 3. The van der Waals surface area contributed by atoms with Crippen LogP contribution in [-0.2, 0) is 20.9 Å². The maximum atomic E-state index is 14.6. The van der Waals surface area contributed by atoms with Gasteiger partial charge in [-0.3, -0.25) is 4.79 Å². The third kappa shape index (κ3) is 5.62. The molecular weight excluding hydrogens is 524 g/mol. The van der Waals surface area contributed by atoms with Crippen LogP contribution >= 0.6 is 27.3 Å². The number of thiophene rings is 1. The summed E-state index contributed by atoms with van der Waals surface area (Å²) in [5.41, 5.74) is 5.92. The largest absolute Gasteiger partial charge is 0.486 e. The van der Waals surface area contributed by atoms with E-state index in [1.165, 1.54) is 23.5 Å². The highest BCUT2D eigenvalue weighted by Gasteiger charge is 2.25. The minimum absolute atomic E-state index is 0.0402. The van der Waals surface area contributed by atoms with E-state index in [9.17, 15) is 14.0 Å². The van der Waals surface area contributed by atoms with Gasteiger partial charge in [-0.05, 0) is 44.5 Å². The van der Waals surface area contributed by atoms with Crippen LogP contribution in [-0.4, -0.2) is 26.6 Å². The Morgan fingerprint density at radius 2 is 1.94 bits per heavy atom. The molecule has 3 aromatic rings. The van der Waals surface area contributed by atoms with E-state index in [1.54, 1.807) is 20.8 Å². The van der Waals surface area contributed by atoms with E-state index in [2.05, 4.69) is 22.5 Å². The van der Waals surface area contributed by atoms with Gasteiger partial charge in [0.25, 0.3) is 0 Å². The predicted molar refractivity (Wildman–Crippen MR) is 135 cm³/mol. The van der Waals surface area contributed by atoms with E-state index in [4.69, 9.17) is 27.8 Å². The lowest BCUT2D eigenvalue weighted by Crippen LogP contribution is -2.24. The Kier molecular flexibility index (Phi) is 7.72. The molecule has 10 heteroatoms. The van der Waals surface area contributed by atoms with Crippen molar-refractivity contribution in [1.82, 2.24) is 0 Å². The van der Waals surface area contributed by atoms with Gasteiger partial charge in [-0.25, -0.2) is 9.18 Å². The van der Waals surface area contributed by atoms with Crippen molar-refractivity contribution in [3.05, 3.63) is 63.2 Å². The molecule has 0 aliphatic rings. The summed E-state index contributed by atoms with van der Waals surface area (Å²) in [5, 5.41) is 0.720. The topological polar surface area (TPSA) is 87.8 Å². The summed E-state index contributed by atoms with van der Waals surface area (Å²) in [6.45, 7) is 7.95. The number of fused-ring (bicyclic) bond motifs is 1. The van der Waals surface area contributed by atoms with Crippen molar-refractivity contribution in [3.8, 4) is 5.75 Å². The number of carbonyl (C=O) groups is 2. The highest BCUT2D eigenvalue weighted by atomic mass is 79.9. The van der Waals surface area contributed by atoms with Gasteiger partial charge in [0.2, 0.25) is 6.79 Å². The second-order valence-corrected chi connectivity index (χ2v) is 10.4. The second-order valence-electron chi connectivity index (χ2n) is 8.44. The van der Waals surface area contributed by atoms with Gasteiger partial charge in [0, 0.05) is 25.8 Å². The molecule has 2 radical (unpaired) electrons. The molecule has 0 amide bonds. The quantitative estimate of drug-likeness (QED) is 0.260. The van der Waals surface area contributed by atoms with Crippen LogP contribution in [0.2, 0.25) is 0 Å². The molecule has 1 heterocycles. The van der Waals surface area contributed by atoms with E-state index >= 15 is 0 Å². The normalized spacial score (nSPS) is 11.3. The molecular formula is C24H22BBrFNO5S. The molecule has 0 aliphatic heterocycles. The Hall–Kier alpha value is -2.85. The first-order chi connectivity index (χ1) is 15.9. The minimum Gasteiger partial charge on any atom is -0.486 e. The number of halogens is 2. The maximum Gasteiger partial charge on any atom is 0.351 e. The van der Waals surface area contributed by atoms with Gasteiger partial charge in [-0.1, -0.05) is 40.1 Å². The number of benzene rings is 2. The van der Waals surface area contributed by atoms with Crippen molar-refractivity contribution in [1.29, 1.82) is 0 Å². The smallest absolute Gasteiger partial charge is 0.351 e. The summed E-state index contributed by atoms with van der Waals surface area (Å²) >= 11 is 4.67. The van der Waals surface area contributed by atoms with Gasteiger partial charge in [0.15, 0.2) is 5.82 Å². The number of hydrogen-bond donors (Lipinski definition) is 1. The molecule has 0 saturated carbocycles. The summed E-state index contributed by atoms with van der Waals surface area (Å²) in [4.78, 5) is 25.0. The second kappa shape index (κ2) is 10.2. The Balaban J connectivity index is 1.89. The molecule has 34 heavy (non-hydrogen) atoms. The highest BCUT2D eigenvalue weighted by Crippen LogP contribution is 2.37. The number of rotatable bonds is 7. The van der Waals surface area contributed by atoms with Gasteiger partial charge < -0.3 is 19.9 Å². The summed E-state index contributed by atoms with van der Waals surface area (Å²) in [5.74, 6) is -2.08. The van der Waals surface area contributed by atoms with Crippen LogP contribution in [0.15, 0.2) is 41.4 Å². The summed E-state index contributed by atoms with van der Waals surface area (Å²) in [7, 11) is 5.96. The van der Waals surface area contributed by atoms with Crippen LogP contribution in [0.4, 0.5) is 4.39 Å². The zero-order valence-corrected chi connectivity index (χ0v) is 21.3. The number of esters is 2. The van der Waals surface area contributed by atoms with Crippen LogP contribution in [0.5, 0.6) is 5.75 Å². The van der Waals surface area contributed by atoms with Crippen molar-refractivity contribution >= 4 is 68.3 Å². The highest BCUT2D eigenvalue weighted by molar-refractivity contribution is 9.10. The van der Waals surface area contributed by atoms with E-state index in [0.29, 0.717) is 11.1 Å². The molecule has 6 nitrogen and oxygen atoms in total. The summed E-state index contributed by atoms with van der Waals surface area (Å²) in [6.07, 6.45) is 0. The van der Waals surface area contributed by atoms with Crippen LogP contribution in [0, 0.1) is 11.2 Å². The van der Waals surface area contributed by atoms with E-state index in [1.807, 2.05) is 18.2 Å². The first-order valence-corrected chi connectivity index (χ1v) is 11.7. The van der Waals surface area contributed by atoms with Crippen LogP contribution < -0.4 is 15.9 Å². The number of hydrogen-bond acceptors (Lipinski definition) is 7. The zero-order valence-electron chi connectivity index (χ0n) is 18.9. The number of nitrogens with two attached hydrogens (primary N) is 1. The fourth-order valence-corrected chi connectivity index (χ4v) is 4.85. The minimum atomic E-state index is -0.732. The molecule has 176 valence electrons. The van der Waals surface area contributed by atoms with E-state index in [-0.39, 0.29) is 28.4 Å². The Morgan fingerprint density at radius 3 is 2.56 bits per heavy atom. The molecule has 1 aromatic heterocycles. The van der Waals surface area contributed by atoms with Crippen molar-refractivity contribution in [3.63, 3.8) is 0 Å². The molecule has 0 atom stereocenters. The third-order valence-electron chi connectivity index (χ3n) is 4.75. The lowest BCUT2D eigenvalue weighted by atomic mass is 9.92. The fraction of sp³-hybridized carbons (Fsp3) is 0.250. The van der Waals surface area contributed by atoms with E-state index in [0.717, 1.165) is 14.6 Å². The average Bonchev–Trinajstić information content (AvgIpc) is 3.12. The van der Waals surface area contributed by atoms with Crippen molar-refractivity contribution < 1.29 is 28.2 Å². The fourth-order valence-electron chi connectivity index (χ4n) is 2.99. The van der Waals surface area contributed by atoms with Crippen molar-refractivity contribution in [2.45, 2.75) is 27.4 Å². The molecule has 0 saturated heterocycles. The molecule has 0 bridgehead atoms. The van der Waals surface area contributed by atoms with Gasteiger partial charge in [-0.15, -0.1) is 11.3 Å². The lowest BCUT2D eigenvalue weighted by Gasteiger charge is -2.16. The molecule has 0 unspecified atom stereocenters. The first kappa shape index (κ1) is 25.8. The summed E-state index contributed by atoms with van der Waals surface area (Å²) in [6, 6.07) is 8.11. The first-order valence-electron chi connectivity index (χ1n) is 10.1. The van der Waals surface area contributed by atoms with Crippen LogP contribution in [0.3, 0.4) is 0 Å². The molecule has 0 spiro atoms. The monoisotopic (exact) mass is 545 g/mol. The lowest BCUT2D eigenvalue weighted by molar-refractivity contribution is -0.161. The van der Waals surface area contributed by atoms with Gasteiger partial charge in [0.05, 0.1) is 5.41 Å². The standard InChI is InChI=1S/C24H22BBrFNO5S/c1-12(28)13-8-15(25)20(17(27)9-13)31-10-14-19-16(26)6-5-7-18(19)34-21(14)22(29)32-11-33-23(30)24(2,3)4/h5-9H,1,10-11,28H2,2-4H3. The molecule has 0 fully saturated rings. The van der Waals surface area contributed by atoms with Gasteiger partial charge >= 0.3 is 11.9 Å². The van der Waals surface area contributed by atoms with E-state index < -0.39 is 30.0 Å². The maximum absolute atomic E-state index is 14.6. The molecule has 3 rings (SSSR count). The Bertz CT molecular complexity index is 1260. The Labute approximate surface area is 210 Å². The van der Waals surface area contributed by atoms with Crippen LogP contribution in [0.1, 0.15) is 41.6 Å². The Morgan fingerprint density at radius 1 is 1.24 bits per heavy atom. The predicted octanol–water partition coefficient (Wildman–Crippen LogP) is 4.81. The molecule has 2 aromatic carbocycles. The average molecular weight is 546 g/mol. The zero-order chi connectivity index (χ0) is 25.2. The van der Waals surface area contributed by atoms with Gasteiger partial charge in [-0.2, -0.15) is 0 Å². The number of carbonyl (C=O) groups excluding carboxylic acids is 2. The van der Waals surface area contributed by atoms with Gasteiger partial charge in [0.1, 0.15) is 25.1 Å².